The van der Waals surface area contributed by atoms with Crippen molar-refractivity contribution in [2.45, 2.75) is 13.3 Å². The van der Waals surface area contributed by atoms with Crippen molar-refractivity contribution >= 4 is 11.7 Å². The molecule has 27 heavy (non-hydrogen) atoms. The minimum absolute atomic E-state index is 0.501. The van der Waals surface area contributed by atoms with Crippen molar-refractivity contribution in [1.29, 1.82) is 0 Å². The van der Waals surface area contributed by atoms with E-state index in [1.807, 2.05) is 37.3 Å². The van der Waals surface area contributed by atoms with Crippen LogP contribution >= 0.6 is 0 Å². The lowest BCUT2D eigenvalue weighted by Crippen LogP contribution is -2.32. The van der Waals surface area contributed by atoms with Crippen molar-refractivity contribution in [2.75, 3.05) is 18.5 Å². The van der Waals surface area contributed by atoms with Gasteiger partial charge >= 0.3 is 0 Å². The molecule has 2 aromatic heterocycles. The molecule has 7 nitrogen and oxygen atoms in total. The van der Waals surface area contributed by atoms with E-state index in [2.05, 4.69) is 36.6 Å². The first-order valence-corrected chi connectivity index (χ1v) is 8.81. The van der Waals surface area contributed by atoms with Crippen LogP contribution in [0.3, 0.4) is 0 Å². The van der Waals surface area contributed by atoms with Gasteiger partial charge in [0.2, 0.25) is 5.88 Å². The summed E-state index contributed by atoms with van der Waals surface area (Å²) in [6, 6.07) is 11.9. The fraction of sp³-hybridized carbons (Fsp3) is 0.200. The number of aryl methyl sites for hydroxylation is 1. The van der Waals surface area contributed by atoms with E-state index in [-0.39, 0.29) is 0 Å². The van der Waals surface area contributed by atoms with Crippen molar-refractivity contribution in [1.82, 2.24) is 20.3 Å². The molecule has 2 N–H and O–H groups in total. The Kier molecular flexibility index (Phi) is 4.91. The van der Waals surface area contributed by atoms with Crippen molar-refractivity contribution < 1.29 is 4.74 Å². The van der Waals surface area contributed by atoms with E-state index < -0.39 is 0 Å². The molecule has 1 aliphatic rings. The highest BCUT2D eigenvalue weighted by Gasteiger charge is 2.15. The largest absolute Gasteiger partial charge is 0.439 e. The van der Waals surface area contributed by atoms with Crippen LogP contribution in [0.1, 0.15) is 16.8 Å². The summed E-state index contributed by atoms with van der Waals surface area (Å²) in [5, 5.41) is 6.47. The van der Waals surface area contributed by atoms with Gasteiger partial charge in [0.1, 0.15) is 18.1 Å². The van der Waals surface area contributed by atoms with Crippen molar-refractivity contribution in [3.63, 3.8) is 0 Å². The highest BCUT2D eigenvalue weighted by molar-refractivity contribution is 6.01. The summed E-state index contributed by atoms with van der Waals surface area (Å²) in [4.78, 5) is 17.3. The molecule has 0 fully saturated rings. The minimum atomic E-state index is 0.501. The van der Waals surface area contributed by atoms with Gasteiger partial charge in [-0.2, -0.15) is 0 Å². The van der Waals surface area contributed by atoms with Crippen molar-refractivity contribution in [3.8, 4) is 11.6 Å². The number of amidine groups is 1. The second-order valence-corrected chi connectivity index (χ2v) is 6.19. The molecule has 136 valence electrons. The van der Waals surface area contributed by atoms with Crippen LogP contribution in [0.2, 0.25) is 0 Å². The van der Waals surface area contributed by atoms with Crippen LogP contribution in [0.5, 0.6) is 11.6 Å². The third-order valence-electron chi connectivity index (χ3n) is 4.12. The molecule has 0 amide bonds. The molecule has 0 unspecified atom stereocenters. The van der Waals surface area contributed by atoms with Crippen LogP contribution in [0.15, 0.2) is 60.0 Å². The third kappa shape index (κ3) is 4.20. The second kappa shape index (κ2) is 7.82. The van der Waals surface area contributed by atoms with Gasteiger partial charge in [-0.05, 0) is 42.7 Å². The summed E-state index contributed by atoms with van der Waals surface area (Å²) in [6.07, 6.45) is 5.92. The van der Waals surface area contributed by atoms with E-state index in [1.54, 1.807) is 18.6 Å². The quantitative estimate of drug-likeness (QED) is 0.728. The lowest BCUT2D eigenvalue weighted by molar-refractivity contribution is 0.462. The Balaban J connectivity index is 1.37. The number of aliphatic imine (C=N–C) groups is 1. The number of fused-ring (bicyclic) bond motifs is 1. The van der Waals surface area contributed by atoms with Crippen LogP contribution in [0, 0.1) is 6.92 Å². The van der Waals surface area contributed by atoms with Gasteiger partial charge in [0.15, 0.2) is 11.7 Å². The molecule has 0 bridgehead atoms. The molecular weight excluding hydrogens is 340 g/mol. The molecule has 7 heteroatoms. The van der Waals surface area contributed by atoms with E-state index in [0.717, 1.165) is 41.6 Å². The van der Waals surface area contributed by atoms with Gasteiger partial charge in [-0.25, -0.2) is 19.9 Å². The van der Waals surface area contributed by atoms with E-state index in [9.17, 15) is 0 Å². The van der Waals surface area contributed by atoms with Crippen LogP contribution in [0.25, 0.3) is 0 Å². The maximum absolute atomic E-state index is 5.86. The summed E-state index contributed by atoms with van der Waals surface area (Å²) in [6.45, 7) is 3.25. The molecule has 1 aliphatic heterocycles. The standard InChI is InChI=1S/C20H20N6O/c1-14-5-7-21-17(11-14)27-16-4-2-3-15(12-16)6-8-23-19-18-20(26-13-25-19)24-10-9-22-18/h2-5,7,9-12H,6,8,13H2,1H3,(H,23,25)(H,24,26). The average molecular weight is 360 g/mol. The molecule has 0 saturated carbocycles. The molecule has 3 aromatic rings. The number of hydrogen-bond acceptors (Lipinski definition) is 7. The monoisotopic (exact) mass is 360 g/mol. The number of ether oxygens (including phenoxy) is 1. The van der Waals surface area contributed by atoms with Crippen LogP contribution < -0.4 is 15.4 Å². The average Bonchev–Trinajstić information content (AvgIpc) is 2.69. The zero-order chi connectivity index (χ0) is 18.5. The predicted octanol–water partition coefficient (Wildman–Crippen LogP) is 2.93. The van der Waals surface area contributed by atoms with Gasteiger partial charge in [-0.1, -0.05) is 12.1 Å². The SMILES string of the molecule is Cc1ccnc(Oc2cccc(CCNC3=NCNc4nccnc43)c2)c1. The van der Waals surface area contributed by atoms with Crippen molar-refractivity contribution in [3.05, 3.63) is 71.8 Å². The van der Waals surface area contributed by atoms with E-state index in [4.69, 9.17) is 4.74 Å². The normalized spacial score (nSPS) is 12.6. The highest BCUT2D eigenvalue weighted by Crippen LogP contribution is 2.21. The number of nitrogens with zero attached hydrogens (tertiary/aromatic N) is 4. The van der Waals surface area contributed by atoms with Gasteiger partial charge < -0.3 is 15.4 Å². The molecule has 0 spiro atoms. The molecular formula is C20H20N6O. The molecule has 0 aliphatic carbocycles. The Labute approximate surface area is 157 Å². The fourth-order valence-electron chi connectivity index (χ4n) is 2.82. The minimum Gasteiger partial charge on any atom is -0.439 e. The number of anilines is 1. The molecule has 4 rings (SSSR count). The van der Waals surface area contributed by atoms with Gasteiger partial charge in [-0.15, -0.1) is 0 Å². The summed E-state index contributed by atoms with van der Waals surface area (Å²) < 4.78 is 5.86. The topological polar surface area (TPSA) is 84.3 Å². The summed E-state index contributed by atoms with van der Waals surface area (Å²) in [5.74, 6) is 2.91. The van der Waals surface area contributed by atoms with Crippen LogP contribution in [-0.2, 0) is 6.42 Å². The lowest BCUT2D eigenvalue weighted by atomic mass is 10.1. The van der Waals surface area contributed by atoms with Crippen LogP contribution in [0.4, 0.5) is 5.82 Å². The second-order valence-electron chi connectivity index (χ2n) is 6.19. The molecule has 3 heterocycles. The first-order valence-electron chi connectivity index (χ1n) is 8.81. The highest BCUT2D eigenvalue weighted by atomic mass is 16.5. The van der Waals surface area contributed by atoms with Crippen molar-refractivity contribution in [2.24, 2.45) is 4.99 Å². The Morgan fingerprint density at radius 1 is 1.07 bits per heavy atom. The van der Waals surface area contributed by atoms with E-state index in [1.165, 1.54) is 5.56 Å². The number of rotatable bonds is 5. The maximum Gasteiger partial charge on any atom is 0.219 e. The van der Waals surface area contributed by atoms with Gasteiger partial charge in [0, 0.05) is 31.2 Å². The summed E-state index contributed by atoms with van der Waals surface area (Å²) in [7, 11) is 0. The van der Waals surface area contributed by atoms with Gasteiger partial charge in [-0.3, -0.25) is 0 Å². The number of hydrogen-bond donors (Lipinski definition) is 2. The Morgan fingerprint density at radius 2 is 2.00 bits per heavy atom. The smallest absolute Gasteiger partial charge is 0.219 e. The maximum atomic E-state index is 5.86. The summed E-state index contributed by atoms with van der Waals surface area (Å²) >= 11 is 0. The van der Waals surface area contributed by atoms with E-state index >= 15 is 0 Å². The Bertz CT molecular complexity index is 972. The molecule has 0 atom stereocenters. The molecule has 0 radical (unpaired) electrons. The summed E-state index contributed by atoms with van der Waals surface area (Å²) in [5.41, 5.74) is 3.04. The van der Waals surface area contributed by atoms with Crippen LogP contribution in [-0.4, -0.2) is 34.0 Å². The zero-order valence-electron chi connectivity index (χ0n) is 15.0. The lowest BCUT2D eigenvalue weighted by Gasteiger charge is -2.17. The molecule has 0 saturated heterocycles. The first-order chi connectivity index (χ1) is 13.3. The number of aromatic nitrogens is 3. The fourth-order valence-corrected chi connectivity index (χ4v) is 2.82. The number of pyridine rings is 1. The molecule has 1 aromatic carbocycles. The Morgan fingerprint density at radius 3 is 2.93 bits per heavy atom. The Hall–Kier alpha value is -3.48. The van der Waals surface area contributed by atoms with Gasteiger partial charge in [0.05, 0.1) is 0 Å². The third-order valence-corrected chi connectivity index (χ3v) is 4.12. The first kappa shape index (κ1) is 17.0. The number of benzene rings is 1. The van der Waals surface area contributed by atoms with E-state index in [0.29, 0.717) is 12.5 Å². The van der Waals surface area contributed by atoms with Gasteiger partial charge in [0.25, 0.3) is 0 Å². The predicted molar refractivity (Wildman–Crippen MR) is 104 cm³/mol. The number of nitrogens with one attached hydrogen (secondary N) is 2. The zero-order valence-corrected chi connectivity index (χ0v) is 15.0.